The van der Waals surface area contributed by atoms with Gasteiger partial charge in [-0.2, -0.15) is 13.2 Å². The predicted molar refractivity (Wildman–Crippen MR) is 128 cm³/mol. The number of halogens is 3. The van der Waals surface area contributed by atoms with Gasteiger partial charge in [0.05, 0.1) is 5.56 Å². The number of hydrogen-bond donors (Lipinski definition) is 1. The van der Waals surface area contributed by atoms with Crippen LogP contribution in [0.5, 0.6) is 0 Å². The maximum absolute atomic E-state index is 13.3. The molecule has 7 heteroatoms. The fourth-order valence-corrected chi connectivity index (χ4v) is 8.79. The molecule has 0 aromatic heterocycles. The Morgan fingerprint density at radius 2 is 1.69 bits per heavy atom. The lowest BCUT2D eigenvalue weighted by atomic mass is 9.47. The van der Waals surface area contributed by atoms with E-state index in [2.05, 4.69) is 31.0 Å². The number of piperidine rings is 1. The molecule has 4 nitrogen and oxygen atoms in total. The molecule has 2 amide bonds. The van der Waals surface area contributed by atoms with Crippen LogP contribution in [0.15, 0.2) is 24.3 Å². The van der Waals surface area contributed by atoms with Gasteiger partial charge >= 0.3 is 6.18 Å². The topological polar surface area (TPSA) is 49.4 Å². The molecule has 4 aliphatic rings. The van der Waals surface area contributed by atoms with Crippen molar-refractivity contribution in [3.8, 4) is 0 Å². The maximum Gasteiger partial charge on any atom is 0.416 e. The molecule has 1 N–H and O–H groups in total. The minimum atomic E-state index is -4.39. The Morgan fingerprint density at radius 1 is 1.00 bits per heavy atom. The number of benzene rings is 1. The molecular weight excluding hydrogens is 453 g/mol. The van der Waals surface area contributed by atoms with Gasteiger partial charge in [-0.15, -0.1) is 0 Å². The summed E-state index contributed by atoms with van der Waals surface area (Å²) in [6.07, 6.45) is 3.32. The molecule has 0 bridgehead atoms. The Kier molecular flexibility index (Phi) is 5.99. The van der Waals surface area contributed by atoms with Crippen molar-refractivity contribution in [1.29, 1.82) is 0 Å². The highest BCUT2D eigenvalue weighted by atomic mass is 19.4. The van der Waals surface area contributed by atoms with Crippen LogP contribution in [0.25, 0.3) is 0 Å². The first kappa shape index (κ1) is 24.6. The molecule has 1 aromatic carbocycles. The normalized spacial score (nSPS) is 39.0. The summed E-state index contributed by atoms with van der Waals surface area (Å²) in [5, 5.41) is 2.91. The third kappa shape index (κ3) is 3.88. The van der Waals surface area contributed by atoms with Crippen molar-refractivity contribution in [1.82, 2.24) is 4.90 Å². The summed E-state index contributed by atoms with van der Waals surface area (Å²) in [6, 6.07) is 5.07. The van der Waals surface area contributed by atoms with Gasteiger partial charge in [-0.25, -0.2) is 0 Å². The molecule has 35 heavy (non-hydrogen) atoms. The summed E-state index contributed by atoms with van der Waals surface area (Å²) in [6.45, 7) is 7.55. The molecule has 7 atom stereocenters. The second kappa shape index (κ2) is 8.52. The SMILES string of the molecule is CCN1C(=O)CC[C@@]2(C)C1CC[C@@H]1[C@H]2CC[C@]2(C)C(C(=O)Nc3ccc(C(F)(F)F)cc3)CC[C@@H]12. The van der Waals surface area contributed by atoms with E-state index < -0.39 is 11.7 Å². The number of hydrogen-bond acceptors (Lipinski definition) is 2. The summed E-state index contributed by atoms with van der Waals surface area (Å²) in [5.41, 5.74) is -0.232. The van der Waals surface area contributed by atoms with Crippen LogP contribution in [0.2, 0.25) is 0 Å². The van der Waals surface area contributed by atoms with E-state index in [9.17, 15) is 22.8 Å². The number of rotatable bonds is 3. The van der Waals surface area contributed by atoms with Crippen molar-refractivity contribution in [2.75, 3.05) is 11.9 Å². The van der Waals surface area contributed by atoms with Crippen molar-refractivity contribution in [2.24, 2.45) is 34.5 Å². The molecule has 1 heterocycles. The lowest BCUT2D eigenvalue weighted by Crippen LogP contribution is -2.62. The van der Waals surface area contributed by atoms with E-state index in [0.717, 1.165) is 63.6 Å². The standard InChI is InChI=1S/C28H37F3N2O2/c1-4-33-23-12-9-19-20-10-11-22(25(35)32-18-7-5-17(6-8-18)28(29,30)31)26(20,2)15-13-21(19)27(23,3)16-14-24(33)34/h5-8,19-23H,4,9-16H2,1-3H3,(H,32,35)/t19-,20-,21+,22?,23?,26-,27+/m0/s1. The first-order valence-electron chi connectivity index (χ1n) is 13.3. The van der Waals surface area contributed by atoms with Crippen molar-refractivity contribution >= 4 is 17.5 Å². The number of nitrogens with one attached hydrogen (secondary N) is 1. The Bertz CT molecular complexity index is 993. The van der Waals surface area contributed by atoms with Gasteiger partial charge < -0.3 is 10.2 Å². The van der Waals surface area contributed by atoms with E-state index in [-0.39, 0.29) is 22.7 Å². The molecule has 4 fully saturated rings. The van der Waals surface area contributed by atoms with Gasteiger partial charge in [0.25, 0.3) is 0 Å². The van der Waals surface area contributed by atoms with Crippen LogP contribution in [0.3, 0.4) is 0 Å². The number of carbonyl (C=O) groups excluding carboxylic acids is 2. The molecule has 0 radical (unpaired) electrons. The number of alkyl halides is 3. The molecule has 1 aliphatic heterocycles. The van der Waals surface area contributed by atoms with E-state index in [1.165, 1.54) is 12.1 Å². The van der Waals surface area contributed by atoms with Crippen molar-refractivity contribution < 1.29 is 22.8 Å². The molecule has 0 spiro atoms. The number of anilines is 1. The lowest BCUT2D eigenvalue weighted by molar-refractivity contribution is -0.161. The first-order chi connectivity index (χ1) is 16.5. The molecular formula is C28H37F3N2O2. The van der Waals surface area contributed by atoms with Gasteiger partial charge in [-0.1, -0.05) is 13.8 Å². The van der Waals surface area contributed by atoms with E-state index in [0.29, 0.717) is 41.8 Å². The lowest BCUT2D eigenvalue weighted by Gasteiger charge is -2.62. The third-order valence-electron chi connectivity index (χ3n) is 10.5. The van der Waals surface area contributed by atoms with Gasteiger partial charge in [-0.05, 0) is 105 Å². The monoisotopic (exact) mass is 490 g/mol. The van der Waals surface area contributed by atoms with Crippen molar-refractivity contribution in [2.45, 2.75) is 84.4 Å². The molecule has 1 saturated heterocycles. The Hall–Kier alpha value is -2.05. The summed E-state index contributed by atoms with van der Waals surface area (Å²) in [7, 11) is 0. The minimum absolute atomic E-state index is 0.0615. The summed E-state index contributed by atoms with van der Waals surface area (Å²) < 4.78 is 38.7. The minimum Gasteiger partial charge on any atom is -0.339 e. The maximum atomic E-state index is 13.3. The van der Waals surface area contributed by atoms with Crippen LogP contribution >= 0.6 is 0 Å². The van der Waals surface area contributed by atoms with Gasteiger partial charge in [-0.3, -0.25) is 9.59 Å². The Labute approximate surface area is 206 Å². The van der Waals surface area contributed by atoms with Crippen LogP contribution in [0.4, 0.5) is 18.9 Å². The van der Waals surface area contributed by atoms with Crippen LogP contribution in [-0.4, -0.2) is 29.3 Å². The largest absolute Gasteiger partial charge is 0.416 e. The van der Waals surface area contributed by atoms with Crippen LogP contribution in [-0.2, 0) is 15.8 Å². The third-order valence-corrected chi connectivity index (χ3v) is 10.5. The quantitative estimate of drug-likeness (QED) is 0.525. The van der Waals surface area contributed by atoms with E-state index in [1.807, 2.05) is 0 Å². The van der Waals surface area contributed by atoms with Crippen LogP contribution in [0, 0.1) is 34.5 Å². The van der Waals surface area contributed by atoms with Crippen LogP contribution < -0.4 is 5.32 Å². The number of amides is 2. The zero-order chi connectivity index (χ0) is 25.2. The molecule has 3 saturated carbocycles. The van der Waals surface area contributed by atoms with E-state index in [1.54, 1.807) is 0 Å². The summed E-state index contributed by atoms with van der Waals surface area (Å²) in [4.78, 5) is 28.1. The average Bonchev–Trinajstić information content (AvgIpc) is 3.16. The highest BCUT2D eigenvalue weighted by Gasteiger charge is 2.62. The van der Waals surface area contributed by atoms with Crippen molar-refractivity contribution in [3.63, 3.8) is 0 Å². The zero-order valence-corrected chi connectivity index (χ0v) is 21.0. The fraction of sp³-hybridized carbons (Fsp3) is 0.714. The smallest absolute Gasteiger partial charge is 0.339 e. The molecule has 2 unspecified atom stereocenters. The zero-order valence-electron chi connectivity index (χ0n) is 21.0. The Balaban J connectivity index is 1.32. The summed E-state index contributed by atoms with van der Waals surface area (Å²) in [5.74, 6) is 1.75. The molecule has 1 aromatic rings. The number of carbonyl (C=O) groups is 2. The van der Waals surface area contributed by atoms with Gasteiger partial charge in [0, 0.05) is 30.6 Å². The van der Waals surface area contributed by atoms with Gasteiger partial charge in [0.15, 0.2) is 0 Å². The van der Waals surface area contributed by atoms with E-state index >= 15 is 0 Å². The van der Waals surface area contributed by atoms with Gasteiger partial charge in [0.2, 0.25) is 11.8 Å². The number of likely N-dealkylation sites (tertiary alicyclic amines) is 1. The second-order valence-electron chi connectivity index (χ2n) is 11.9. The summed E-state index contributed by atoms with van der Waals surface area (Å²) >= 11 is 0. The number of fused-ring (bicyclic) bond motifs is 5. The second-order valence-corrected chi connectivity index (χ2v) is 11.9. The van der Waals surface area contributed by atoms with E-state index in [4.69, 9.17) is 0 Å². The Morgan fingerprint density at radius 3 is 2.34 bits per heavy atom. The average molecular weight is 491 g/mol. The highest BCUT2D eigenvalue weighted by Crippen LogP contribution is 2.66. The molecule has 3 aliphatic carbocycles. The predicted octanol–water partition coefficient (Wildman–Crippen LogP) is 6.51. The van der Waals surface area contributed by atoms with Crippen molar-refractivity contribution in [3.05, 3.63) is 29.8 Å². The number of nitrogens with zero attached hydrogens (tertiary/aromatic N) is 1. The highest BCUT2D eigenvalue weighted by molar-refractivity contribution is 5.93. The first-order valence-corrected chi connectivity index (χ1v) is 13.3. The fourth-order valence-electron chi connectivity index (χ4n) is 8.79. The molecule has 192 valence electrons. The van der Waals surface area contributed by atoms with Gasteiger partial charge in [0.1, 0.15) is 0 Å². The molecule has 5 rings (SSSR count). The van der Waals surface area contributed by atoms with Crippen LogP contribution in [0.1, 0.15) is 77.7 Å².